The fourth-order valence-electron chi connectivity index (χ4n) is 7.17. The maximum atomic E-state index is 13.2. The van der Waals surface area contributed by atoms with Crippen LogP contribution < -0.4 is 26.8 Å². The minimum absolute atomic E-state index is 0.134. The average Bonchev–Trinajstić information content (AvgIpc) is 3.24. The molecule has 8 nitrogen and oxygen atoms in total. The molecule has 0 bridgehead atoms. The number of likely N-dealkylation sites (N-methyl/N-ethyl adjacent to an activating group) is 1. The van der Waals surface area contributed by atoms with Gasteiger partial charge < -0.3 is 20.7 Å². The Kier molecular flexibility index (Phi) is 8.21. The second-order valence-electron chi connectivity index (χ2n) is 11.3. The van der Waals surface area contributed by atoms with E-state index in [4.69, 9.17) is 4.74 Å². The minimum Gasteiger partial charge on any atom is -0.379 e. The fourth-order valence-corrected chi connectivity index (χ4v) is 7.17. The van der Waals surface area contributed by atoms with Crippen LogP contribution in [0.1, 0.15) is 64.2 Å². The van der Waals surface area contributed by atoms with Gasteiger partial charge in [0.2, 0.25) is 5.91 Å². The van der Waals surface area contributed by atoms with E-state index in [1.807, 2.05) is 0 Å². The molecule has 0 aromatic heterocycles. The zero-order chi connectivity index (χ0) is 22.6. The normalized spacial score (nSPS) is 40.9. The number of carbonyl (C=O) groups excluding carboxylic acids is 1. The summed E-state index contributed by atoms with van der Waals surface area (Å²) in [6.45, 7) is 4.75. The van der Waals surface area contributed by atoms with Crippen LogP contribution >= 0.6 is 0 Å². The number of rotatable bonds is 6. The second-order valence-corrected chi connectivity index (χ2v) is 11.3. The highest BCUT2D eigenvalue weighted by Crippen LogP contribution is 2.36. The van der Waals surface area contributed by atoms with Gasteiger partial charge >= 0.3 is 0 Å². The van der Waals surface area contributed by atoms with Gasteiger partial charge in [-0.25, -0.2) is 10.9 Å². The van der Waals surface area contributed by atoms with Crippen LogP contribution in [0.2, 0.25) is 0 Å². The Balaban J connectivity index is 1.07. The van der Waals surface area contributed by atoms with Crippen LogP contribution in [0.4, 0.5) is 0 Å². The van der Waals surface area contributed by atoms with Crippen molar-refractivity contribution in [1.82, 2.24) is 31.7 Å². The first-order valence-corrected chi connectivity index (χ1v) is 13.7. The molecule has 5 rings (SSSR count). The molecule has 3 saturated heterocycles. The Labute approximate surface area is 199 Å². The predicted molar refractivity (Wildman–Crippen MR) is 129 cm³/mol. The van der Waals surface area contributed by atoms with Crippen molar-refractivity contribution in [2.75, 3.05) is 39.9 Å². The number of ether oxygens (including phenoxy) is 1. The van der Waals surface area contributed by atoms with Crippen LogP contribution in [-0.4, -0.2) is 75.1 Å². The Bertz CT molecular complexity index is 642. The summed E-state index contributed by atoms with van der Waals surface area (Å²) in [7, 11) is 2.23. The van der Waals surface area contributed by atoms with Crippen molar-refractivity contribution in [2.24, 2.45) is 23.7 Å². The molecule has 0 spiro atoms. The van der Waals surface area contributed by atoms with E-state index >= 15 is 0 Å². The molecule has 0 aromatic carbocycles. The largest absolute Gasteiger partial charge is 0.379 e. The summed E-state index contributed by atoms with van der Waals surface area (Å²) in [5.41, 5.74) is 7.05. The fraction of sp³-hybridized carbons (Fsp3) is 0.960. The maximum absolute atomic E-state index is 13.2. The van der Waals surface area contributed by atoms with Gasteiger partial charge in [-0.1, -0.05) is 19.3 Å². The number of piperidine rings is 1. The van der Waals surface area contributed by atoms with Gasteiger partial charge in [0.05, 0.1) is 25.0 Å². The van der Waals surface area contributed by atoms with Gasteiger partial charge in [0.15, 0.2) is 0 Å². The van der Waals surface area contributed by atoms with Crippen LogP contribution in [0.25, 0.3) is 0 Å². The van der Waals surface area contributed by atoms with Gasteiger partial charge in [0.25, 0.3) is 0 Å². The molecular weight excluding hydrogens is 416 g/mol. The van der Waals surface area contributed by atoms with Crippen molar-refractivity contribution < 1.29 is 9.53 Å². The third-order valence-electron chi connectivity index (χ3n) is 9.25. The highest BCUT2D eigenvalue weighted by atomic mass is 16.5. The Morgan fingerprint density at radius 1 is 0.970 bits per heavy atom. The minimum atomic E-state index is 0.134. The first kappa shape index (κ1) is 23.9. The number of nitrogens with one attached hydrogen (secondary N) is 5. The van der Waals surface area contributed by atoms with Gasteiger partial charge in [-0.05, 0) is 82.8 Å². The number of hydrogen-bond donors (Lipinski definition) is 5. The molecule has 3 heterocycles. The van der Waals surface area contributed by atoms with Gasteiger partial charge in [-0.15, -0.1) is 0 Å². The first-order valence-electron chi connectivity index (χ1n) is 13.7. The molecule has 7 atom stereocenters. The third kappa shape index (κ3) is 5.73. The summed E-state index contributed by atoms with van der Waals surface area (Å²) >= 11 is 0. The summed E-state index contributed by atoms with van der Waals surface area (Å²) in [4.78, 5) is 15.6. The smallest absolute Gasteiger partial charge is 0.223 e. The molecule has 188 valence electrons. The average molecular weight is 463 g/mol. The van der Waals surface area contributed by atoms with E-state index in [9.17, 15) is 4.79 Å². The van der Waals surface area contributed by atoms with Crippen molar-refractivity contribution >= 4 is 5.91 Å². The van der Waals surface area contributed by atoms with E-state index in [0.29, 0.717) is 42.7 Å². The SMILES string of the molecule is CN1C(CNC2CCCC(C(=O)N[C@@H]3COCC4CCCCC43)C2)NNC1C1CCNCC1. The molecule has 8 heteroatoms. The van der Waals surface area contributed by atoms with Crippen molar-refractivity contribution in [1.29, 1.82) is 0 Å². The van der Waals surface area contributed by atoms with E-state index in [2.05, 4.69) is 38.7 Å². The zero-order valence-corrected chi connectivity index (χ0v) is 20.5. The van der Waals surface area contributed by atoms with Crippen molar-refractivity contribution in [3.8, 4) is 0 Å². The standard InChI is InChI=1S/C25H46N6O2/c1-31-23(29-30-24(31)17-9-11-26-12-10-17)14-27-20-7-4-6-18(13-20)25(32)28-22-16-33-15-19-5-2-3-8-21(19)22/h17-24,26-27,29-30H,2-16H2,1H3,(H,28,32)/t18?,19?,20?,21?,22-,23?,24?/m1/s1. The number of hydrogen-bond acceptors (Lipinski definition) is 7. The second kappa shape index (κ2) is 11.3. The lowest BCUT2D eigenvalue weighted by atomic mass is 9.74. The van der Waals surface area contributed by atoms with Crippen LogP contribution in [0.15, 0.2) is 0 Å². The number of carbonyl (C=O) groups is 1. The molecular formula is C25H46N6O2. The number of nitrogens with zero attached hydrogens (tertiary/aromatic N) is 1. The molecule has 5 aliphatic rings. The molecule has 0 aromatic rings. The summed E-state index contributed by atoms with van der Waals surface area (Å²) in [6.07, 6.45) is 12.6. The lowest BCUT2D eigenvalue weighted by Gasteiger charge is -2.42. The van der Waals surface area contributed by atoms with Crippen molar-refractivity contribution in [3.05, 3.63) is 0 Å². The lowest BCUT2D eigenvalue weighted by Crippen LogP contribution is -2.53. The van der Waals surface area contributed by atoms with E-state index in [0.717, 1.165) is 45.5 Å². The highest BCUT2D eigenvalue weighted by Gasteiger charge is 2.39. The monoisotopic (exact) mass is 462 g/mol. The number of fused-ring (bicyclic) bond motifs is 1. The van der Waals surface area contributed by atoms with Crippen LogP contribution in [-0.2, 0) is 9.53 Å². The Hall–Kier alpha value is -0.770. The number of hydrazine groups is 1. The van der Waals surface area contributed by atoms with Gasteiger partial charge in [0.1, 0.15) is 0 Å². The molecule has 2 aliphatic carbocycles. The molecule has 0 radical (unpaired) electrons. The molecule has 5 fully saturated rings. The quantitative estimate of drug-likeness (QED) is 0.405. The molecule has 5 N–H and O–H groups in total. The maximum Gasteiger partial charge on any atom is 0.223 e. The van der Waals surface area contributed by atoms with Crippen LogP contribution in [0.5, 0.6) is 0 Å². The highest BCUT2D eigenvalue weighted by molar-refractivity contribution is 5.79. The summed E-state index contributed by atoms with van der Waals surface area (Å²) in [5.74, 6) is 2.37. The van der Waals surface area contributed by atoms with E-state index in [-0.39, 0.29) is 17.9 Å². The van der Waals surface area contributed by atoms with Gasteiger partial charge in [-0.2, -0.15) is 0 Å². The van der Waals surface area contributed by atoms with E-state index in [1.54, 1.807) is 0 Å². The van der Waals surface area contributed by atoms with Crippen molar-refractivity contribution in [2.45, 2.75) is 88.6 Å². The van der Waals surface area contributed by atoms with Crippen LogP contribution in [0.3, 0.4) is 0 Å². The Morgan fingerprint density at radius 3 is 2.70 bits per heavy atom. The van der Waals surface area contributed by atoms with E-state index < -0.39 is 0 Å². The summed E-state index contributed by atoms with van der Waals surface area (Å²) in [5, 5.41) is 10.7. The third-order valence-corrected chi connectivity index (χ3v) is 9.25. The topological polar surface area (TPSA) is 89.7 Å². The zero-order valence-electron chi connectivity index (χ0n) is 20.5. The van der Waals surface area contributed by atoms with Crippen molar-refractivity contribution in [3.63, 3.8) is 0 Å². The van der Waals surface area contributed by atoms with Gasteiger partial charge in [-0.3, -0.25) is 9.69 Å². The Morgan fingerprint density at radius 2 is 1.82 bits per heavy atom. The molecule has 6 unspecified atom stereocenters. The molecule has 2 saturated carbocycles. The molecule has 1 amide bonds. The molecule has 3 aliphatic heterocycles. The first-order chi connectivity index (χ1) is 16.2. The molecule has 33 heavy (non-hydrogen) atoms. The van der Waals surface area contributed by atoms with E-state index in [1.165, 1.54) is 44.9 Å². The summed E-state index contributed by atoms with van der Waals surface area (Å²) < 4.78 is 5.87. The van der Waals surface area contributed by atoms with Crippen LogP contribution in [0, 0.1) is 23.7 Å². The lowest BCUT2D eigenvalue weighted by molar-refractivity contribution is -0.130. The summed E-state index contributed by atoms with van der Waals surface area (Å²) in [6, 6.07) is 0.645. The predicted octanol–water partition coefficient (Wildman–Crippen LogP) is 1.15. The van der Waals surface area contributed by atoms with Gasteiger partial charge in [0, 0.05) is 25.1 Å². The number of amides is 1.